The van der Waals surface area contributed by atoms with E-state index in [4.69, 9.17) is 4.74 Å². The monoisotopic (exact) mass is 411 g/mol. The number of sulfonamides is 1. The predicted octanol–water partition coefficient (Wildman–Crippen LogP) is 3.04. The summed E-state index contributed by atoms with van der Waals surface area (Å²) in [5, 5.41) is 3.65. The molecule has 1 fully saturated rings. The Labute approximate surface area is 169 Å². The molecular weight excluding hydrogens is 390 g/mol. The van der Waals surface area contributed by atoms with Gasteiger partial charge in [0, 0.05) is 30.6 Å². The van der Waals surface area contributed by atoms with Crippen LogP contribution in [0.25, 0.3) is 10.9 Å². The van der Waals surface area contributed by atoms with Crippen LogP contribution in [-0.2, 0) is 14.8 Å². The van der Waals surface area contributed by atoms with Gasteiger partial charge >= 0.3 is 0 Å². The average Bonchev–Trinajstić information content (AvgIpc) is 3.17. The molecule has 0 aliphatic carbocycles. The number of rotatable bonds is 5. The van der Waals surface area contributed by atoms with Gasteiger partial charge in [0.1, 0.15) is 6.10 Å². The number of pyridine rings is 1. The fourth-order valence-corrected chi connectivity index (χ4v) is 4.84. The molecule has 1 N–H and O–H groups in total. The third-order valence-electron chi connectivity index (χ3n) is 4.78. The van der Waals surface area contributed by atoms with Crippen molar-refractivity contribution in [2.24, 2.45) is 0 Å². The number of carbonyl (C=O) groups is 1. The molecule has 29 heavy (non-hydrogen) atoms. The number of nitrogens with one attached hydrogen (secondary N) is 1. The molecule has 1 aliphatic rings. The normalized spacial score (nSPS) is 17.3. The van der Waals surface area contributed by atoms with E-state index in [9.17, 15) is 13.2 Å². The summed E-state index contributed by atoms with van der Waals surface area (Å²) in [4.78, 5) is 15.8. The van der Waals surface area contributed by atoms with Gasteiger partial charge in [-0.2, -0.15) is 4.31 Å². The van der Waals surface area contributed by atoms with Crippen molar-refractivity contribution in [2.75, 3.05) is 18.4 Å². The van der Waals surface area contributed by atoms with E-state index in [-0.39, 0.29) is 23.5 Å². The van der Waals surface area contributed by atoms with Crippen LogP contribution >= 0.6 is 0 Å². The first-order valence-corrected chi connectivity index (χ1v) is 10.8. The fraction of sp³-hybridized carbons (Fsp3) is 0.238. The molecule has 7 nitrogen and oxygen atoms in total. The maximum absolute atomic E-state index is 12.9. The van der Waals surface area contributed by atoms with Crippen molar-refractivity contribution >= 4 is 32.5 Å². The molecule has 3 aromatic rings. The van der Waals surface area contributed by atoms with Gasteiger partial charge < -0.3 is 10.1 Å². The number of hydrogen-bond donors (Lipinski definition) is 1. The summed E-state index contributed by atoms with van der Waals surface area (Å²) in [6.07, 6.45) is 0.342. The summed E-state index contributed by atoms with van der Waals surface area (Å²) in [6, 6.07) is 17.7. The van der Waals surface area contributed by atoms with E-state index >= 15 is 0 Å². The average molecular weight is 411 g/mol. The second-order valence-electron chi connectivity index (χ2n) is 6.94. The Kier molecular flexibility index (Phi) is 5.21. The van der Waals surface area contributed by atoms with E-state index in [1.165, 1.54) is 23.4 Å². The maximum atomic E-state index is 12.9. The van der Waals surface area contributed by atoms with Crippen LogP contribution in [0.4, 0.5) is 5.69 Å². The quantitative estimate of drug-likeness (QED) is 0.697. The van der Waals surface area contributed by atoms with Crippen LogP contribution < -0.4 is 10.1 Å². The summed E-state index contributed by atoms with van der Waals surface area (Å²) >= 11 is 0. The van der Waals surface area contributed by atoms with Gasteiger partial charge in [0.15, 0.2) is 0 Å². The molecule has 0 radical (unpaired) electrons. The lowest BCUT2D eigenvalue weighted by Crippen LogP contribution is -2.31. The zero-order valence-electron chi connectivity index (χ0n) is 15.9. The molecule has 0 saturated carbocycles. The van der Waals surface area contributed by atoms with Crippen LogP contribution in [-0.4, -0.2) is 42.8 Å². The molecule has 1 amide bonds. The molecule has 4 rings (SSSR count). The van der Waals surface area contributed by atoms with Gasteiger partial charge in [0.25, 0.3) is 0 Å². The van der Waals surface area contributed by atoms with Crippen LogP contribution in [0.1, 0.15) is 13.3 Å². The number of hydrogen-bond acceptors (Lipinski definition) is 5. The highest BCUT2D eigenvalue weighted by molar-refractivity contribution is 7.89. The van der Waals surface area contributed by atoms with Crippen LogP contribution in [0.5, 0.6) is 5.88 Å². The largest absolute Gasteiger partial charge is 0.473 e. The second-order valence-corrected chi connectivity index (χ2v) is 8.88. The first-order chi connectivity index (χ1) is 13.9. The van der Waals surface area contributed by atoms with E-state index in [0.717, 1.165) is 10.9 Å². The Bertz CT molecular complexity index is 1150. The number of aromatic nitrogens is 1. The SMILES string of the molecule is CC(=O)Nc1ccc(S(=O)(=O)N2CC[C@H](Oc3ccc4ccccc4n3)C2)cc1. The van der Waals surface area contributed by atoms with E-state index in [1.807, 2.05) is 30.3 Å². The van der Waals surface area contributed by atoms with Crippen molar-refractivity contribution in [2.45, 2.75) is 24.3 Å². The topological polar surface area (TPSA) is 88.6 Å². The molecule has 1 saturated heterocycles. The number of carbonyl (C=O) groups excluding carboxylic acids is 1. The first kappa shape index (κ1) is 19.4. The van der Waals surface area contributed by atoms with Gasteiger partial charge in [0.2, 0.25) is 21.8 Å². The zero-order valence-corrected chi connectivity index (χ0v) is 16.7. The Morgan fingerprint density at radius 2 is 1.86 bits per heavy atom. The molecule has 1 atom stereocenters. The number of benzene rings is 2. The molecule has 0 unspecified atom stereocenters. The molecule has 8 heteroatoms. The Hall–Kier alpha value is -2.97. The Morgan fingerprint density at radius 3 is 2.62 bits per heavy atom. The summed E-state index contributed by atoms with van der Waals surface area (Å²) in [7, 11) is -3.62. The lowest BCUT2D eigenvalue weighted by atomic mass is 10.2. The molecular formula is C21H21N3O4S. The lowest BCUT2D eigenvalue weighted by Gasteiger charge is -2.17. The summed E-state index contributed by atoms with van der Waals surface area (Å²) in [5.74, 6) is 0.287. The minimum Gasteiger partial charge on any atom is -0.473 e. The number of para-hydroxylation sites is 1. The van der Waals surface area contributed by atoms with Crippen molar-refractivity contribution in [1.82, 2.24) is 9.29 Å². The van der Waals surface area contributed by atoms with Crippen molar-refractivity contribution in [1.29, 1.82) is 0 Å². The molecule has 2 aromatic carbocycles. The highest BCUT2D eigenvalue weighted by atomic mass is 32.2. The van der Waals surface area contributed by atoms with Crippen LogP contribution in [0, 0.1) is 0 Å². The van der Waals surface area contributed by atoms with Crippen LogP contribution in [0.2, 0.25) is 0 Å². The number of ether oxygens (including phenoxy) is 1. The standard InChI is InChI=1S/C21H21N3O4S/c1-15(25)22-17-7-9-19(10-8-17)29(26,27)24-13-12-18(14-24)28-21-11-6-16-4-2-3-5-20(16)23-21/h2-11,18H,12-14H2,1H3,(H,22,25)/t18-/m0/s1. The van der Waals surface area contributed by atoms with Gasteiger partial charge in [-0.05, 0) is 42.8 Å². The third-order valence-corrected chi connectivity index (χ3v) is 6.66. The van der Waals surface area contributed by atoms with Crippen molar-refractivity contribution in [3.05, 3.63) is 60.7 Å². The second kappa shape index (κ2) is 7.81. The fourth-order valence-electron chi connectivity index (χ4n) is 3.36. The lowest BCUT2D eigenvalue weighted by molar-refractivity contribution is -0.114. The van der Waals surface area contributed by atoms with E-state index in [0.29, 0.717) is 24.5 Å². The van der Waals surface area contributed by atoms with Gasteiger partial charge in [-0.25, -0.2) is 13.4 Å². The van der Waals surface area contributed by atoms with Crippen molar-refractivity contribution in [3.8, 4) is 5.88 Å². The first-order valence-electron chi connectivity index (χ1n) is 9.32. The molecule has 0 spiro atoms. The summed E-state index contributed by atoms with van der Waals surface area (Å²) in [6.45, 7) is 2.05. The smallest absolute Gasteiger partial charge is 0.243 e. The van der Waals surface area contributed by atoms with E-state index in [1.54, 1.807) is 18.2 Å². The highest BCUT2D eigenvalue weighted by Gasteiger charge is 2.33. The number of nitrogens with zero attached hydrogens (tertiary/aromatic N) is 2. The van der Waals surface area contributed by atoms with Crippen molar-refractivity contribution < 1.29 is 17.9 Å². The van der Waals surface area contributed by atoms with E-state index in [2.05, 4.69) is 10.3 Å². The Balaban J connectivity index is 1.44. The number of fused-ring (bicyclic) bond motifs is 1. The number of amides is 1. The molecule has 0 bridgehead atoms. The van der Waals surface area contributed by atoms with Gasteiger partial charge in [-0.1, -0.05) is 18.2 Å². The zero-order chi connectivity index (χ0) is 20.4. The highest BCUT2D eigenvalue weighted by Crippen LogP contribution is 2.25. The van der Waals surface area contributed by atoms with Gasteiger partial charge in [-0.15, -0.1) is 0 Å². The van der Waals surface area contributed by atoms with Crippen LogP contribution in [0.15, 0.2) is 65.6 Å². The van der Waals surface area contributed by atoms with Crippen LogP contribution in [0.3, 0.4) is 0 Å². The summed E-state index contributed by atoms with van der Waals surface area (Å²) in [5.41, 5.74) is 1.40. The number of anilines is 1. The van der Waals surface area contributed by atoms with Gasteiger partial charge in [-0.3, -0.25) is 4.79 Å². The molecule has 150 valence electrons. The minimum atomic E-state index is -3.62. The van der Waals surface area contributed by atoms with Gasteiger partial charge in [0.05, 0.1) is 17.0 Å². The Morgan fingerprint density at radius 1 is 1.10 bits per heavy atom. The maximum Gasteiger partial charge on any atom is 0.243 e. The van der Waals surface area contributed by atoms with E-state index < -0.39 is 10.0 Å². The molecule has 2 heterocycles. The molecule has 1 aliphatic heterocycles. The van der Waals surface area contributed by atoms with Crippen molar-refractivity contribution in [3.63, 3.8) is 0 Å². The summed E-state index contributed by atoms with van der Waals surface area (Å²) < 4.78 is 33.2. The predicted molar refractivity (Wildman–Crippen MR) is 110 cm³/mol. The third kappa shape index (κ3) is 4.23. The molecule has 1 aromatic heterocycles. The minimum absolute atomic E-state index is 0.191.